The molecule has 98 valence electrons. The third-order valence-electron chi connectivity index (χ3n) is 2.88. The SMILES string of the molecule is Cc1nc2ccccc2n1CCCCS(=O)(=O)O. The van der Waals surface area contributed by atoms with Crippen LogP contribution < -0.4 is 0 Å². The summed E-state index contributed by atoms with van der Waals surface area (Å²) in [5.74, 6) is 0.738. The van der Waals surface area contributed by atoms with Gasteiger partial charge in [-0.05, 0) is 31.9 Å². The second kappa shape index (κ2) is 5.07. The van der Waals surface area contributed by atoms with Gasteiger partial charge in [0.2, 0.25) is 0 Å². The summed E-state index contributed by atoms with van der Waals surface area (Å²) in [6.07, 6.45) is 1.14. The van der Waals surface area contributed by atoms with Gasteiger partial charge >= 0.3 is 0 Å². The summed E-state index contributed by atoms with van der Waals surface area (Å²) in [6.45, 7) is 2.64. The molecule has 0 amide bonds. The molecule has 0 aliphatic heterocycles. The molecule has 6 heteroatoms. The summed E-state index contributed by atoms with van der Waals surface area (Å²) in [4.78, 5) is 4.44. The van der Waals surface area contributed by atoms with Crippen LogP contribution in [-0.2, 0) is 16.7 Å². The topological polar surface area (TPSA) is 72.2 Å². The van der Waals surface area contributed by atoms with Gasteiger partial charge in [0, 0.05) is 6.54 Å². The van der Waals surface area contributed by atoms with Crippen LogP contribution in [0.1, 0.15) is 18.7 Å². The van der Waals surface area contributed by atoms with Gasteiger partial charge < -0.3 is 4.57 Å². The number of imidazole rings is 1. The average Bonchev–Trinajstić information content (AvgIpc) is 2.59. The molecule has 2 aromatic rings. The number of nitrogens with zero attached hydrogens (tertiary/aromatic N) is 2. The van der Waals surface area contributed by atoms with Gasteiger partial charge in [-0.2, -0.15) is 8.42 Å². The highest BCUT2D eigenvalue weighted by Gasteiger charge is 2.07. The fourth-order valence-electron chi connectivity index (χ4n) is 2.03. The molecule has 1 aromatic carbocycles. The molecule has 1 N–H and O–H groups in total. The number of aryl methyl sites for hydroxylation is 2. The second-order valence-electron chi connectivity index (χ2n) is 4.29. The number of benzene rings is 1. The van der Waals surface area contributed by atoms with Crippen molar-refractivity contribution in [2.75, 3.05) is 5.75 Å². The molecule has 0 saturated carbocycles. The quantitative estimate of drug-likeness (QED) is 0.665. The van der Waals surface area contributed by atoms with Crippen LogP contribution in [0.15, 0.2) is 24.3 Å². The number of hydrogen-bond donors (Lipinski definition) is 1. The van der Waals surface area contributed by atoms with Crippen LogP contribution in [0.3, 0.4) is 0 Å². The van der Waals surface area contributed by atoms with Gasteiger partial charge in [-0.15, -0.1) is 0 Å². The van der Waals surface area contributed by atoms with Crippen LogP contribution in [0.2, 0.25) is 0 Å². The Bertz CT molecular complexity index is 646. The van der Waals surface area contributed by atoms with E-state index in [1.807, 2.05) is 31.2 Å². The maximum Gasteiger partial charge on any atom is 0.264 e. The van der Waals surface area contributed by atoms with E-state index >= 15 is 0 Å². The van der Waals surface area contributed by atoms with Crippen molar-refractivity contribution in [1.29, 1.82) is 0 Å². The van der Waals surface area contributed by atoms with Crippen molar-refractivity contribution in [3.8, 4) is 0 Å². The van der Waals surface area contributed by atoms with Crippen LogP contribution >= 0.6 is 0 Å². The van der Waals surface area contributed by atoms with Crippen LogP contribution in [-0.4, -0.2) is 28.3 Å². The molecule has 0 atom stereocenters. The lowest BCUT2D eigenvalue weighted by Gasteiger charge is -2.06. The number of hydrogen-bond acceptors (Lipinski definition) is 3. The Hall–Kier alpha value is -1.40. The predicted octanol–water partition coefficient (Wildman–Crippen LogP) is 2.01. The minimum atomic E-state index is -3.84. The highest BCUT2D eigenvalue weighted by Crippen LogP contribution is 2.16. The number of unbranched alkanes of at least 4 members (excludes halogenated alkanes) is 1. The first kappa shape index (κ1) is 13.0. The Kier molecular flexibility index (Phi) is 3.68. The van der Waals surface area contributed by atoms with Crippen LogP contribution in [0, 0.1) is 6.92 Å². The Morgan fingerprint density at radius 2 is 2.00 bits per heavy atom. The Morgan fingerprint density at radius 3 is 2.72 bits per heavy atom. The molecular weight excluding hydrogens is 252 g/mol. The molecule has 0 aliphatic carbocycles. The third kappa shape index (κ3) is 3.08. The molecule has 0 fully saturated rings. The molecule has 0 spiro atoms. The Balaban J connectivity index is 2.06. The highest BCUT2D eigenvalue weighted by molar-refractivity contribution is 7.85. The first-order valence-electron chi connectivity index (χ1n) is 5.84. The van der Waals surface area contributed by atoms with Gasteiger partial charge in [0.05, 0.1) is 16.8 Å². The van der Waals surface area contributed by atoms with E-state index in [1.165, 1.54) is 0 Å². The van der Waals surface area contributed by atoms with E-state index < -0.39 is 10.1 Å². The molecule has 0 radical (unpaired) electrons. The van der Waals surface area contributed by atoms with Crippen LogP contribution in [0.4, 0.5) is 0 Å². The lowest BCUT2D eigenvalue weighted by molar-refractivity contribution is 0.478. The Morgan fingerprint density at radius 1 is 1.28 bits per heavy atom. The van der Waals surface area contributed by atoms with E-state index in [4.69, 9.17) is 4.55 Å². The van der Waals surface area contributed by atoms with Crippen LogP contribution in [0.25, 0.3) is 11.0 Å². The number of fused-ring (bicyclic) bond motifs is 1. The van der Waals surface area contributed by atoms with Gasteiger partial charge in [-0.1, -0.05) is 12.1 Å². The molecular formula is C12H16N2O3S. The van der Waals surface area contributed by atoms with Crippen molar-refractivity contribution in [1.82, 2.24) is 9.55 Å². The number of rotatable bonds is 5. The van der Waals surface area contributed by atoms with Crippen molar-refractivity contribution in [3.63, 3.8) is 0 Å². The molecule has 0 saturated heterocycles. The number of aromatic nitrogens is 2. The van der Waals surface area contributed by atoms with E-state index in [9.17, 15) is 8.42 Å². The highest BCUT2D eigenvalue weighted by atomic mass is 32.2. The lowest BCUT2D eigenvalue weighted by atomic mass is 10.3. The third-order valence-corrected chi connectivity index (χ3v) is 3.68. The van der Waals surface area contributed by atoms with Gasteiger partial charge in [-0.25, -0.2) is 4.98 Å². The molecule has 0 bridgehead atoms. The summed E-state index contributed by atoms with van der Waals surface area (Å²) in [5.41, 5.74) is 2.01. The fourth-order valence-corrected chi connectivity index (χ4v) is 2.60. The van der Waals surface area contributed by atoms with E-state index in [1.54, 1.807) is 0 Å². The zero-order valence-corrected chi connectivity index (χ0v) is 11.0. The van der Waals surface area contributed by atoms with Gasteiger partial charge in [0.1, 0.15) is 5.82 Å². The van der Waals surface area contributed by atoms with Crippen molar-refractivity contribution >= 4 is 21.2 Å². The van der Waals surface area contributed by atoms with E-state index in [0.717, 1.165) is 16.9 Å². The van der Waals surface area contributed by atoms with Crippen molar-refractivity contribution in [2.45, 2.75) is 26.3 Å². The minimum Gasteiger partial charge on any atom is -0.328 e. The summed E-state index contributed by atoms with van der Waals surface area (Å²) in [5, 5.41) is 0. The maximum absolute atomic E-state index is 10.6. The smallest absolute Gasteiger partial charge is 0.264 e. The van der Waals surface area contributed by atoms with E-state index in [2.05, 4.69) is 9.55 Å². The fraction of sp³-hybridized carbons (Fsp3) is 0.417. The van der Waals surface area contributed by atoms with Gasteiger partial charge in [0.25, 0.3) is 10.1 Å². The summed E-state index contributed by atoms with van der Waals surface area (Å²) < 4.78 is 31.9. The molecule has 5 nitrogen and oxygen atoms in total. The van der Waals surface area contributed by atoms with Crippen molar-refractivity contribution in [2.24, 2.45) is 0 Å². The first-order chi connectivity index (χ1) is 8.47. The van der Waals surface area contributed by atoms with E-state index in [-0.39, 0.29) is 5.75 Å². The molecule has 2 rings (SSSR count). The van der Waals surface area contributed by atoms with Crippen LogP contribution in [0.5, 0.6) is 0 Å². The Labute approximate surface area is 106 Å². The monoisotopic (exact) mass is 268 g/mol. The predicted molar refractivity (Wildman–Crippen MR) is 70.1 cm³/mol. The molecule has 1 aromatic heterocycles. The second-order valence-corrected chi connectivity index (χ2v) is 5.86. The van der Waals surface area contributed by atoms with E-state index in [0.29, 0.717) is 19.4 Å². The van der Waals surface area contributed by atoms with Crippen molar-refractivity contribution < 1.29 is 13.0 Å². The standard InChI is InChI=1S/C12H16N2O3S/c1-10-13-11-6-2-3-7-12(11)14(10)8-4-5-9-18(15,16)17/h2-3,6-7H,4-5,8-9H2,1H3,(H,15,16,17). The van der Waals surface area contributed by atoms with Crippen molar-refractivity contribution in [3.05, 3.63) is 30.1 Å². The molecule has 1 heterocycles. The summed E-state index contributed by atoms with van der Waals surface area (Å²) in [6, 6.07) is 7.85. The molecule has 0 aliphatic rings. The first-order valence-corrected chi connectivity index (χ1v) is 7.45. The lowest BCUT2D eigenvalue weighted by Crippen LogP contribution is -2.06. The van der Waals surface area contributed by atoms with Gasteiger partial charge in [0.15, 0.2) is 0 Å². The zero-order chi connectivity index (χ0) is 13.2. The minimum absolute atomic E-state index is 0.182. The zero-order valence-electron chi connectivity index (χ0n) is 10.2. The summed E-state index contributed by atoms with van der Waals surface area (Å²) in [7, 11) is -3.84. The largest absolute Gasteiger partial charge is 0.328 e. The normalized spacial score (nSPS) is 12.1. The summed E-state index contributed by atoms with van der Waals surface area (Å²) >= 11 is 0. The number of para-hydroxylation sites is 2. The van der Waals surface area contributed by atoms with Gasteiger partial charge in [-0.3, -0.25) is 4.55 Å². The average molecular weight is 268 g/mol. The maximum atomic E-state index is 10.6. The molecule has 18 heavy (non-hydrogen) atoms. The molecule has 0 unspecified atom stereocenters.